The molecule has 0 bridgehead atoms. The summed E-state index contributed by atoms with van der Waals surface area (Å²) < 4.78 is 46.2. The molecular formula is C19H17F3N2O2. The number of aromatic amines is 1. The van der Waals surface area contributed by atoms with Gasteiger partial charge in [0.1, 0.15) is 11.4 Å². The van der Waals surface area contributed by atoms with Gasteiger partial charge in [0, 0.05) is 6.42 Å². The van der Waals surface area contributed by atoms with Crippen molar-refractivity contribution in [1.82, 2.24) is 9.78 Å². The number of alkyl halides is 3. The molecule has 26 heavy (non-hydrogen) atoms. The van der Waals surface area contributed by atoms with Gasteiger partial charge in [-0.3, -0.25) is 9.89 Å². The average Bonchev–Trinajstić information content (AvgIpc) is 2.93. The predicted octanol–water partition coefficient (Wildman–Crippen LogP) is 3.84. The van der Waals surface area contributed by atoms with Crippen LogP contribution in [0.1, 0.15) is 22.4 Å². The highest BCUT2D eigenvalue weighted by Gasteiger charge is 2.37. The first-order chi connectivity index (χ1) is 12.4. The Morgan fingerprint density at radius 1 is 1.00 bits per heavy atom. The molecule has 7 heteroatoms. The minimum Gasteiger partial charge on any atom is -0.497 e. The van der Waals surface area contributed by atoms with Crippen LogP contribution >= 0.6 is 0 Å². The highest BCUT2D eigenvalue weighted by atomic mass is 19.4. The van der Waals surface area contributed by atoms with Gasteiger partial charge in [-0.25, -0.2) is 4.68 Å². The van der Waals surface area contributed by atoms with E-state index in [9.17, 15) is 18.0 Å². The monoisotopic (exact) mass is 362 g/mol. The molecule has 0 amide bonds. The quantitative estimate of drug-likeness (QED) is 0.750. The second-order valence-electron chi connectivity index (χ2n) is 5.86. The van der Waals surface area contributed by atoms with E-state index in [0.717, 1.165) is 10.2 Å². The van der Waals surface area contributed by atoms with Gasteiger partial charge < -0.3 is 4.74 Å². The molecule has 0 atom stereocenters. The second-order valence-corrected chi connectivity index (χ2v) is 5.86. The lowest BCUT2D eigenvalue weighted by atomic mass is 10.0. The molecule has 136 valence electrons. The van der Waals surface area contributed by atoms with Gasteiger partial charge in [-0.05, 0) is 23.3 Å². The van der Waals surface area contributed by atoms with E-state index in [2.05, 4.69) is 5.10 Å². The number of benzene rings is 2. The van der Waals surface area contributed by atoms with Crippen molar-refractivity contribution in [2.75, 3.05) is 7.11 Å². The van der Waals surface area contributed by atoms with Crippen LogP contribution in [0.5, 0.6) is 5.75 Å². The Bertz CT molecular complexity index is 926. The van der Waals surface area contributed by atoms with E-state index in [4.69, 9.17) is 4.74 Å². The van der Waals surface area contributed by atoms with Crippen molar-refractivity contribution < 1.29 is 17.9 Å². The molecule has 0 aliphatic heterocycles. The van der Waals surface area contributed by atoms with Crippen LogP contribution < -0.4 is 10.3 Å². The zero-order valence-electron chi connectivity index (χ0n) is 14.0. The van der Waals surface area contributed by atoms with Gasteiger partial charge >= 0.3 is 6.18 Å². The van der Waals surface area contributed by atoms with Crippen LogP contribution in [-0.2, 0) is 19.1 Å². The number of rotatable bonds is 5. The topological polar surface area (TPSA) is 47.0 Å². The highest BCUT2D eigenvalue weighted by Crippen LogP contribution is 2.30. The van der Waals surface area contributed by atoms with Crippen LogP contribution in [0.15, 0.2) is 59.4 Å². The van der Waals surface area contributed by atoms with Crippen LogP contribution in [0, 0.1) is 0 Å². The molecule has 0 aliphatic rings. The normalized spacial score (nSPS) is 11.5. The van der Waals surface area contributed by atoms with Gasteiger partial charge in [-0.2, -0.15) is 13.2 Å². The van der Waals surface area contributed by atoms with Crippen molar-refractivity contribution in [3.63, 3.8) is 0 Å². The Hall–Kier alpha value is -2.96. The van der Waals surface area contributed by atoms with Crippen molar-refractivity contribution in [2.45, 2.75) is 19.1 Å². The predicted molar refractivity (Wildman–Crippen MR) is 91.4 cm³/mol. The summed E-state index contributed by atoms with van der Waals surface area (Å²) in [4.78, 5) is 12.6. The van der Waals surface area contributed by atoms with Gasteiger partial charge in [0.25, 0.3) is 5.56 Å². The lowest BCUT2D eigenvalue weighted by Gasteiger charge is -2.07. The second kappa shape index (κ2) is 7.11. The van der Waals surface area contributed by atoms with Crippen molar-refractivity contribution >= 4 is 0 Å². The molecule has 0 radical (unpaired) electrons. The molecule has 3 rings (SSSR count). The number of hydrogen-bond acceptors (Lipinski definition) is 2. The van der Waals surface area contributed by atoms with Crippen LogP contribution in [0.2, 0.25) is 0 Å². The van der Waals surface area contributed by atoms with E-state index in [1.807, 2.05) is 0 Å². The first-order valence-electron chi connectivity index (χ1n) is 7.94. The summed E-state index contributed by atoms with van der Waals surface area (Å²) in [7, 11) is 1.51. The van der Waals surface area contributed by atoms with E-state index >= 15 is 0 Å². The largest absolute Gasteiger partial charge is 0.497 e. The highest BCUT2D eigenvalue weighted by molar-refractivity contribution is 5.33. The van der Waals surface area contributed by atoms with Crippen LogP contribution in [0.3, 0.4) is 0 Å². The van der Waals surface area contributed by atoms with Crippen LogP contribution in [0.25, 0.3) is 0 Å². The van der Waals surface area contributed by atoms with Gasteiger partial charge in [0.2, 0.25) is 0 Å². The number of aromatic nitrogens is 2. The minimum absolute atomic E-state index is 0.0470. The molecule has 1 aromatic heterocycles. The lowest BCUT2D eigenvalue weighted by molar-refractivity contribution is -0.142. The van der Waals surface area contributed by atoms with Crippen molar-refractivity contribution in [1.29, 1.82) is 0 Å². The van der Waals surface area contributed by atoms with Crippen molar-refractivity contribution in [2.24, 2.45) is 0 Å². The molecule has 3 aromatic rings. The van der Waals surface area contributed by atoms with Crippen molar-refractivity contribution in [3.8, 4) is 5.75 Å². The molecular weight excluding hydrogens is 345 g/mol. The fourth-order valence-electron chi connectivity index (χ4n) is 2.75. The lowest BCUT2D eigenvalue weighted by Crippen LogP contribution is -2.20. The Morgan fingerprint density at radius 3 is 2.23 bits per heavy atom. The fraction of sp³-hybridized carbons (Fsp3) is 0.211. The molecule has 1 heterocycles. The van der Waals surface area contributed by atoms with Gasteiger partial charge in [-0.1, -0.05) is 42.5 Å². The number of H-pyrrole nitrogens is 1. The third-order valence-electron chi connectivity index (χ3n) is 4.06. The van der Waals surface area contributed by atoms with E-state index < -0.39 is 17.4 Å². The molecule has 2 aromatic carbocycles. The van der Waals surface area contributed by atoms with Gasteiger partial charge in [-0.15, -0.1) is 0 Å². The zero-order chi connectivity index (χ0) is 18.7. The van der Waals surface area contributed by atoms with Crippen LogP contribution in [0.4, 0.5) is 13.2 Å². The standard InChI is InChI=1S/C19H17F3N2O2/c1-26-15-9-7-13(8-10-15)11-16-17(19(20,21)22)23-24(18(16)25)12-14-5-3-2-4-6-14/h2-10,23H,11-12H2,1H3. The maximum atomic E-state index is 13.4. The fourth-order valence-corrected chi connectivity index (χ4v) is 2.75. The minimum atomic E-state index is -4.64. The van der Waals surface area contributed by atoms with E-state index in [-0.39, 0.29) is 18.5 Å². The number of hydrogen-bond donors (Lipinski definition) is 1. The number of halogens is 3. The molecule has 0 unspecified atom stereocenters. The number of nitrogens with one attached hydrogen (secondary N) is 1. The Balaban J connectivity index is 1.98. The molecule has 0 spiro atoms. The van der Waals surface area contributed by atoms with Crippen molar-refractivity contribution in [3.05, 3.63) is 87.3 Å². The van der Waals surface area contributed by atoms with E-state index in [1.54, 1.807) is 54.6 Å². The summed E-state index contributed by atoms with van der Waals surface area (Å²) in [6.07, 6.45) is -4.75. The summed E-state index contributed by atoms with van der Waals surface area (Å²) in [6.45, 7) is 0.0470. The molecule has 0 saturated heterocycles. The number of ether oxygens (including phenoxy) is 1. The van der Waals surface area contributed by atoms with Crippen LogP contribution in [-0.4, -0.2) is 16.9 Å². The summed E-state index contributed by atoms with van der Waals surface area (Å²) in [6, 6.07) is 15.4. The zero-order valence-corrected chi connectivity index (χ0v) is 14.0. The smallest absolute Gasteiger partial charge is 0.433 e. The summed E-state index contributed by atoms with van der Waals surface area (Å²) in [5, 5.41) is 2.24. The molecule has 1 N–H and O–H groups in total. The number of nitrogens with zero attached hydrogens (tertiary/aromatic N) is 1. The average molecular weight is 362 g/mol. The Morgan fingerprint density at radius 2 is 1.65 bits per heavy atom. The summed E-state index contributed by atoms with van der Waals surface area (Å²) >= 11 is 0. The summed E-state index contributed by atoms with van der Waals surface area (Å²) in [5.74, 6) is 0.598. The molecule has 0 aliphatic carbocycles. The van der Waals surface area contributed by atoms with Gasteiger partial charge in [0.15, 0.2) is 0 Å². The van der Waals surface area contributed by atoms with E-state index in [1.165, 1.54) is 7.11 Å². The molecule has 4 nitrogen and oxygen atoms in total. The number of methoxy groups -OCH3 is 1. The maximum absolute atomic E-state index is 13.4. The third kappa shape index (κ3) is 3.82. The maximum Gasteiger partial charge on any atom is 0.433 e. The third-order valence-corrected chi connectivity index (χ3v) is 4.06. The van der Waals surface area contributed by atoms with Gasteiger partial charge in [0.05, 0.1) is 19.2 Å². The first kappa shape index (κ1) is 17.8. The Kier molecular flexibility index (Phi) is 4.88. The molecule has 0 saturated carbocycles. The first-order valence-corrected chi connectivity index (χ1v) is 7.94. The summed E-state index contributed by atoms with van der Waals surface area (Å²) in [5.41, 5.74) is -0.635. The van der Waals surface area contributed by atoms with E-state index in [0.29, 0.717) is 11.3 Å². The molecule has 0 fully saturated rings. The Labute approximate surface area is 147 Å². The SMILES string of the molecule is COc1ccc(Cc2c(C(F)(F)F)[nH]n(Cc3ccccc3)c2=O)cc1.